The van der Waals surface area contributed by atoms with Crippen molar-refractivity contribution >= 4 is 18.3 Å². The number of nitrogens with one attached hydrogen (secondary N) is 2. The Morgan fingerprint density at radius 1 is 1.29 bits per heavy atom. The second-order valence-electron chi connectivity index (χ2n) is 6.93. The summed E-state index contributed by atoms with van der Waals surface area (Å²) in [6.45, 7) is 2.56. The lowest BCUT2D eigenvalue weighted by molar-refractivity contribution is -0.146. The molecule has 21 heavy (non-hydrogen) atoms. The number of piperidine rings is 1. The molecule has 0 aromatic carbocycles. The quantitative estimate of drug-likeness (QED) is 0.817. The Morgan fingerprint density at radius 3 is 2.62 bits per heavy atom. The second kappa shape index (κ2) is 7.30. The van der Waals surface area contributed by atoms with Crippen molar-refractivity contribution < 1.29 is 9.53 Å². The third-order valence-corrected chi connectivity index (χ3v) is 5.90. The van der Waals surface area contributed by atoms with Crippen molar-refractivity contribution in [3.63, 3.8) is 0 Å². The summed E-state index contributed by atoms with van der Waals surface area (Å²) in [6.07, 6.45) is 8.45. The van der Waals surface area contributed by atoms with Crippen molar-refractivity contribution in [2.75, 3.05) is 26.7 Å². The highest BCUT2D eigenvalue weighted by atomic mass is 35.5. The highest BCUT2D eigenvalue weighted by molar-refractivity contribution is 5.85. The molecule has 0 aromatic heterocycles. The molecule has 3 fully saturated rings. The van der Waals surface area contributed by atoms with E-state index in [0.717, 1.165) is 56.7 Å². The van der Waals surface area contributed by atoms with Crippen molar-refractivity contribution in [2.24, 2.45) is 17.8 Å². The maximum Gasteiger partial charge on any atom is 0.252 e. The SMILES string of the molecule is COC1(C(=O)NCCC2CC3CCC2C3)CCNCC1.Cl. The number of ether oxygens (including phenoxy) is 1. The van der Waals surface area contributed by atoms with Crippen molar-refractivity contribution in [2.45, 2.75) is 50.5 Å². The predicted octanol–water partition coefficient (Wildman–Crippen LogP) is 2.12. The van der Waals surface area contributed by atoms with E-state index in [-0.39, 0.29) is 18.3 Å². The van der Waals surface area contributed by atoms with Crippen LogP contribution in [0.5, 0.6) is 0 Å². The van der Waals surface area contributed by atoms with Crippen LogP contribution in [0.3, 0.4) is 0 Å². The van der Waals surface area contributed by atoms with Gasteiger partial charge < -0.3 is 15.4 Å². The average molecular weight is 317 g/mol. The minimum atomic E-state index is -0.583. The lowest BCUT2D eigenvalue weighted by atomic mass is 9.86. The first-order chi connectivity index (χ1) is 9.73. The van der Waals surface area contributed by atoms with Crippen LogP contribution in [0.25, 0.3) is 0 Å². The van der Waals surface area contributed by atoms with Gasteiger partial charge in [-0.1, -0.05) is 6.42 Å². The van der Waals surface area contributed by atoms with Gasteiger partial charge in [0.15, 0.2) is 0 Å². The van der Waals surface area contributed by atoms with Crippen LogP contribution >= 0.6 is 12.4 Å². The number of hydrogen-bond donors (Lipinski definition) is 2. The van der Waals surface area contributed by atoms with Crippen LogP contribution in [-0.2, 0) is 9.53 Å². The first-order valence-corrected chi connectivity index (χ1v) is 8.28. The molecule has 3 atom stereocenters. The molecule has 5 heteroatoms. The van der Waals surface area contributed by atoms with Gasteiger partial charge in [0.2, 0.25) is 0 Å². The smallest absolute Gasteiger partial charge is 0.252 e. The molecule has 4 nitrogen and oxygen atoms in total. The monoisotopic (exact) mass is 316 g/mol. The van der Waals surface area contributed by atoms with Gasteiger partial charge in [-0.3, -0.25) is 4.79 Å². The molecule has 0 spiro atoms. The van der Waals surface area contributed by atoms with E-state index < -0.39 is 5.60 Å². The summed E-state index contributed by atoms with van der Waals surface area (Å²) in [4.78, 5) is 12.4. The Labute approximate surface area is 134 Å². The maximum absolute atomic E-state index is 12.4. The molecule has 2 saturated carbocycles. The van der Waals surface area contributed by atoms with E-state index in [0.29, 0.717) is 0 Å². The Kier molecular flexibility index (Phi) is 5.92. The minimum Gasteiger partial charge on any atom is -0.368 e. The number of halogens is 1. The van der Waals surface area contributed by atoms with Crippen molar-refractivity contribution in [1.29, 1.82) is 0 Å². The molecular formula is C16H29ClN2O2. The number of carbonyl (C=O) groups is 1. The van der Waals surface area contributed by atoms with Gasteiger partial charge in [-0.2, -0.15) is 0 Å². The van der Waals surface area contributed by atoms with Gasteiger partial charge in [-0.05, 0) is 69.4 Å². The van der Waals surface area contributed by atoms with E-state index in [4.69, 9.17) is 4.74 Å². The third kappa shape index (κ3) is 3.54. The molecule has 122 valence electrons. The zero-order chi connectivity index (χ0) is 14.0. The molecule has 2 bridgehead atoms. The second-order valence-corrected chi connectivity index (χ2v) is 6.93. The molecular weight excluding hydrogens is 288 g/mol. The van der Waals surface area contributed by atoms with Gasteiger partial charge in [-0.15, -0.1) is 12.4 Å². The van der Waals surface area contributed by atoms with Crippen molar-refractivity contribution in [3.8, 4) is 0 Å². The summed E-state index contributed by atoms with van der Waals surface area (Å²) < 4.78 is 5.56. The highest BCUT2D eigenvalue weighted by Gasteiger charge is 2.41. The largest absolute Gasteiger partial charge is 0.368 e. The fourth-order valence-corrected chi connectivity index (χ4v) is 4.62. The van der Waals surface area contributed by atoms with Gasteiger partial charge in [0.25, 0.3) is 5.91 Å². The molecule has 0 radical (unpaired) electrons. The number of carbonyl (C=O) groups excluding carboxylic acids is 1. The van der Waals surface area contributed by atoms with Gasteiger partial charge in [0.1, 0.15) is 5.60 Å². The highest BCUT2D eigenvalue weighted by Crippen LogP contribution is 2.49. The summed E-state index contributed by atoms with van der Waals surface area (Å²) >= 11 is 0. The van der Waals surface area contributed by atoms with E-state index in [1.165, 1.54) is 25.7 Å². The van der Waals surface area contributed by atoms with Crippen LogP contribution in [0, 0.1) is 17.8 Å². The summed E-state index contributed by atoms with van der Waals surface area (Å²) in [5, 5.41) is 6.43. The lowest BCUT2D eigenvalue weighted by Crippen LogP contribution is -2.54. The van der Waals surface area contributed by atoms with Crippen LogP contribution in [0.15, 0.2) is 0 Å². The lowest BCUT2D eigenvalue weighted by Gasteiger charge is -2.35. The molecule has 3 aliphatic rings. The van der Waals surface area contributed by atoms with Gasteiger partial charge in [-0.25, -0.2) is 0 Å². The Balaban J connectivity index is 0.00000161. The topological polar surface area (TPSA) is 50.4 Å². The fourth-order valence-electron chi connectivity index (χ4n) is 4.62. The van der Waals surface area contributed by atoms with E-state index in [9.17, 15) is 4.79 Å². The summed E-state index contributed by atoms with van der Waals surface area (Å²) in [5.74, 6) is 2.91. The number of methoxy groups -OCH3 is 1. The molecule has 2 aliphatic carbocycles. The van der Waals surface area contributed by atoms with Crippen molar-refractivity contribution in [3.05, 3.63) is 0 Å². The zero-order valence-electron chi connectivity index (χ0n) is 13.0. The Morgan fingerprint density at radius 2 is 2.05 bits per heavy atom. The first kappa shape index (κ1) is 17.0. The van der Waals surface area contributed by atoms with Crippen molar-refractivity contribution in [1.82, 2.24) is 10.6 Å². The van der Waals surface area contributed by atoms with Gasteiger partial charge in [0.05, 0.1) is 0 Å². The minimum absolute atomic E-state index is 0. The molecule has 2 N–H and O–H groups in total. The molecule has 1 aliphatic heterocycles. The molecule has 3 unspecified atom stereocenters. The summed E-state index contributed by atoms with van der Waals surface area (Å²) in [7, 11) is 1.67. The molecule has 1 heterocycles. The van der Waals surface area contributed by atoms with Crippen LogP contribution in [-0.4, -0.2) is 38.3 Å². The zero-order valence-corrected chi connectivity index (χ0v) is 13.8. The van der Waals surface area contributed by atoms with Crippen LogP contribution in [0.4, 0.5) is 0 Å². The van der Waals surface area contributed by atoms with E-state index in [2.05, 4.69) is 10.6 Å². The predicted molar refractivity (Wildman–Crippen MR) is 85.7 cm³/mol. The maximum atomic E-state index is 12.4. The summed E-state index contributed by atoms with van der Waals surface area (Å²) in [5.41, 5.74) is -0.583. The van der Waals surface area contributed by atoms with E-state index >= 15 is 0 Å². The number of rotatable bonds is 5. The fraction of sp³-hybridized carbons (Fsp3) is 0.938. The van der Waals surface area contributed by atoms with Crippen LogP contribution in [0.2, 0.25) is 0 Å². The Hall–Kier alpha value is -0.320. The van der Waals surface area contributed by atoms with Crippen LogP contribution < -0.4 is 10.6 Å². The van der Waals surface area contributed by atoms with E-state index in [1.54, 1.807) is 7.11 Å². The first-order valence-electron chi connectivity index (χ1n) is 8.28. The normalized spacial score (nSPS) is 33.5. The molecule has 1 amide bonds. The number of hydrogen-bond acceptors (Lipinski definition) is 3. The van der Waals surface area contributed by atoms with Gasteiger partial charge >= 0.3 is 0 Å². The molecule has 1 saturated heterocycles. The third-order valence-electron chi connectivity index (χ3n) is 5.90. The standard InChI is InChI=1S/C16H28N2O2.ClH/c1-20-16(5-8-17-9-6-16)15(19)18-7-4-14-11-12-2-3-13(14)10-12;/h12-14,17H,2-11H2,1H3,(H,18,19);1H. The molecule has 0 aromatic rings. The molecule has 3 rings (SSSR count). The number of amides is 1. The average Bonchev–Trinajstić information content (AvgIpc) is 3.10. The summed E-state index contributed by atoms with van der Waals surface area (Å²) in [6, 6.07) is 0. The number of fused-ring (bicyclic) bond motifs is 2. The van der Waals surface area contributed by atoms with E-state index in [1.807, 2.05) is 0 Å². The van der Waals surface area contributed by atoms with Crippen LogP contribution in [0.1, 0.15) is 44.9 Å². The Bertz CT molecular complexity index is 358. The van der Waals surface area contributed by atoms with Gasteiger partial charge in [0, 0.05) is 13.7 Å².